The molecule has 1 aromatic rings. The summed E-state index contributed by atoms with van der Waals surface area (Å²) in [6.07, 6.45) is 2.68. The molecule has 4 nitrogen and oxygen atoms in total. The van der Waals surface area contributed by atoms with E-state index in [2.05, 4.69) is 16.8 Å². The minimum atomic E-state index is -0.363. The molecule has 1 aliphatic rings. The molecule has 2 amide bonds. The molecule has 100 valence electrons. The van der Waals surface area contributed by atoms with E-state index >= 15 is 0 Å². The van der Waals surface area contributed by atoms with E-state index in [1.54, 1.807) is 23.3 Å². The highest BCUT2D eigenvalue weighted by Crippen LogP contribution is 2.32. The van der Waals surface area contributed by atoms with E-state index in [1.165, 1.54) is 5.56 Å². The molecular weight excluding hydrogens is 248 g/mol. The Labute approximate surface area is 112 Å². The van der Waals surface area contributed by atoms with Crippen molar-refractivity contribution in [3.63, 3.8) is 0 Å². The first-order valence-corrected chi connectivity index (χ1v) is 7.29. The minimum Gasteiger partial charge on any atom is -0.391 e. The van der Waals surface area contributed by atoms with Crippen LogP contribution >= 0.6 is 11.3 Å². The lowest BCUT2D eigenvalue weighted by Gasteiger charge is -2.21. The van der Waals surface area contributed by atoms with Gasteiger partial charge in [0.15, 0.2) is 0 Å². The molecule has 1 unspecified atom stereocenters. The summed E-state index contributed by atoms with van der Waals surface area (Å²) in [5.41, 5.74) is 1.25. The van der Waals surface area contributed by atoms with Crippen LogP contribution < -0.4 is 5.32 Å². The van der Waals surface area contributed by atoms with E-state index in [0.29, 0.717) is 19.0 Å². The summed E-state index contributed by atoms with van der Waals surface area (Å²) in [7, 11) is 1.73. The van der Waals surface area contributed by atoms with Gasteiger partial charge in [-0.3, -0.25) is 0 Å². The molecule has 1 atom stereocenters. The van der Waals surface area contributed by atoms with Crippen LogP contribution in [-0.4, -0.2) is 42.3 Å². The number of hydrogen-bond donors (Lipinski definition) is 2. The third-order valence-corrected chi connectivity index (χ3v) is 3.98. The fourth-order valence-corrected chi connectivity index (χ4v) is 2.58. The summed E-state index contributed by atoms with van der Waals surface area (Å²) in [6, 6.07) is 1.96. The highest BCUT2D eigenvalue weighted by Gasteiger charge is 2.31. The van der Waals surface area contributed by atoms with Gasteiger partial charge in [-0.25, -0.2) is 4.79 Å². The average molecular weight is 268 g/mol. The van der Waals surface area contributed by atoms with Gasteiger partial charge in [-0.15, -0.1) is 0 Å². The van der Waals surface area contributed by atoms with Crippen molar-refractivity contribution < 1.29 is 9.90 Å². The van der Waals surface area contributed by atoms with E-state index in [4.69, 9.17) is 0 Å². The van der Waals surface area contributed by atoms with Crippen molar-refractivity contribution in [1.29, 1.82) is 0 Å². The van der Waals surface area contributed by atoms with Gasteiger partial charge in [-0.2, -0.15) is 11.3 Å². The fourth-order valence-electron chi connectivity index (χ4n) is 1.88. The smallest absolute Gasteiger partial charge is 0.317 e. The maximum atomic E-state index is 11.8. The largest absolute Gasteiger partial charge is 0.391 e. The van der Waals surface area contributed by atoms with Crippen LogP contribution in [0.15, 0.2) is 16.8 Å². The van der Waals surface area contributed by atoms with Gasteiger partial charge >= 0.3 is 6.03 Å². The van der Waals surface area contributed by atoms with Crippen molar-refractivity contribution in [2.75, 3.05) is 20.1 Å². The van der Waals surface area contributed by atoms with Crippen LogP contribution in [0.3, 0.4) is 0 Å². The lowest BCUT2D eigenvalue weighted by Crippen LogP contribution is -2.42. The van der Waals surface area contributed by atoms with E-state index < -0.39 is 0 Å². The lowest BCUT2D eigenvalue weighted by molar-refractivity contribution is 0.113. The summed E-state index contributed by atoms with van der Waals surface area (Å²) in [5.74, 6) is 0.408. The Morgan fingerprint density at radius 3 is 3.06 bits per heavy atom. The van der Waals surface area contributed by atoms with Crippen LogP contribution in [0.2, 0.25) is 0 Å². The average Bonchev–Trinajstić information content (AvgIpc) is 3.08. The maximum absolute atomic E-state index is 11.8. The molecule has 0 aliphatic heterocycles. The number of aliphatic hydroxyl groups is 1. The van der Waals surface area contributed by atoms with Gasteiger partial charge in [-0.1, -0.05) is 0 Å². The number of rotatable bonds is 6. The Hall–Kier alpha value is -1.07. The number of nitrogens with zero attached hydrogens (tertiary/aromatic N) is 1. The number of likely N-dealkylation sites (N-methyl/N-ethyl adjacent to an activating group) is 1. The standard InChI is InChI=1S/C13H20N2O2S/c1-15(8-12(16)11-2-3-11)13(17)14-6-4-10-5-7-18-9-10/h5,7,9,11-12,16H,2-4,6,8H2,1H3,(H,14,17). The molecule has 0 radical (unpaired) electrons. The van der Waals surface area contributed by atoms with E-state index in [1.807, 2.05) is 5.38 Å². The first-order valence-electron chi connectivity index (χ1n) is 6.35. The summed E-state index contributed by atoms with van der Waals surface area (Å²) in [4.78, 5) is 13.3. The molecule has 1 heterocycles. The third-order valence-electron chi connectivity index (χ3n) is 3.24. The Bertz CT molecular complexity index is 376. The summed E-state index contributed by atoms with van der Waals surface area (Å²) >= 11 is 1.67. The molecule has 1 aromatic heterocycles. The van der Waals surface area contributed by atoms with Crippen LogP contribution in [0.1, 0.15) is 18.4 Å². The van der Waals surface area contributed by atoms with E-state index in [0.717, 1.165) is 19.3 Å². The predicted molar refractivity (Wildman–Crippen MR) is 72.8 cm³/mol. The van der Waals surface area contributed by atoms with Gasteiger partial charge in [0.25, 0.3) is 0 Å². The SMILES string of the molecule is CN(CC(O)C1CC1)C(=O)NCCc1ccsc1. The quantitative estimate of drug-likeness (QED) is 0.825. The lowest BCUT2D eigenvalue weighted by atomic mass is 10.2. The Morgan fingerprint density at radius 1 is 1.67 bits per heavy atom. The Morgan fingerprint density at radius 2 is 2.44 bits per heavy atom. The van der Waals surface area contributed by atoms with Crippen LogP contribution in [0.25, 0.3) is 0 Å². The summed E-state index contributed by atoms with van der Waals surface area (Å²) < 4.78 is 0. The molecule has 0 bridgehead atoms. The summed E-state index contributed by atoms with van der Waals surface area (Å²) in [5, 5.41) is 16.8. The number of carbonyl (C=O) groups is 1. The van der Waals surface area contributed by atoms with Crippen molar-refractivity contribution in [2.45, 2.75) is 25.4 Å². The van der Waals surface area contributed by atoms with Crippen molar-refractivity contribution in [2.24, 2.45) is 5.92 Å². The number of urea groups is 1. The van der Waals surface area contributed by atoms with E-state index in [9.17, 15) is 9.90 Å². The summed E-state index contributed by atoms with van der Waals surface area (Å²) in [6.45, 7) is 1.06. The molecule has 0 saturated heterocycles. The first-order chi connectivity index (χ1) is 8.66. The van der Waals surface area contributed by atoms with Gasteiger partial charge < -0.3 is 15.3 Å². The number of aliphatic hydroxyl groups excluding tert-OH is 1. The molecular formula is C13H20N2O2S. The normalized spacial score (nSPS) is 16.3. The van der Waals surface area contributed by atoms with Crippen molar-refractivity contribution in [3.05, 3.63) is 22.4 Å². The number of carbonyl (C=O) groups excluding carboxylic acids is 1. The van der Waals surface area contributed by atoms with E-state index in [-0.39, 0.29) is 12.1 Å². The predicted octanol–water partition coefficient (Wildman–Crippen LogP) is 1.70. The number of nitrogens with one attached hydrogen (secondary N) is 1. The van der Waals surface area contributed by atoms with Crippen LogP contribution in [0.4, 0.5) is 4.79 Å². The fraction of sp³-hybridized carbons (Fsp3) is 0.615. The zero-order valence-electron chi connectivity index (χ0n) is 10.6. The Kier molecular flexibility index (Phi) is 4.60. The molecule has 2 N–H and O–H groups in total. The van der Waals surface area contributed by atoms with Crippen molar-refractivity contribution in [3.8, 4) is 0 Å². The van der Waals surface area contributed by atoms with Gasteiger partial charge in [-0.05, 0) is 47.6 Å². The van der Waals surface area contributed by atoms with Gasteiger partial charge in [0, 0.05) is 20.1 Å². The van der Waals surface area contributed by atoms with Crippen LogP contribution in [0.5, 0.6) is 0 Å². The highest BCUT2D eigenvalue weighted by atomic mass is 32.1. The number of hydrogen-bond acceptors (Lipinski definition) is 3. The van der Waals surface area contributed by atoms with Crippen molar-refractivity contribution >= 4 is 17.4 Å². The minimum absolute atomic E-state index is 0.107. The monoisotopic (exact) mass is 268 g/mol. The molecule has 1 aliphatic carbocycles. The number of amides is 2. The van der Waals surface area contributed by atoms with Gasteiger partial charge in [0.05, 0.1) is 6.10 Å². The van der Waals surface area contributed by atoms with Crippen molar-refractivity contribution in [1.82, 2.24) is 10.2 Å². The third kappa shape index (κ3) is 3.99. The molecule has 1 saturated carbocycles. The maximum Gasteiger partial charge on any atom is 0.317 e. The molecule has 18 heavy (non-hydrogen) atoms. The second-order valence-corrected chi connectivity index (χ2v) is 5.68. The van der Waals surface area contributed by atoms with Gasteiger partial charge in [0.2, 0.25) is 0 Å². The molecule has 0 aromatic carbocycles. The molecule has 1 fully saturated rings. The number of thiophene rings is 1. The zero-order chi connectivity index (χ0) is 13.0. The molecule has 2 rings (SSSR count). The second kappa shape index (κ2) is 6.20. The second-order valence-electron chi connectivity index (χ2n) is 4.90. The highest BCUT2D eigenvalue weighted by molar-refractivity contribution is 7.07. The topological polar surface area (TPSA) is 52.6 Å². The van der Waals surface area contributed by atoms with Crippen LogP contribution in [0, 0.1) is 5.92 Å². The van der Waals surface area contributed by atoms with Gasteiger partial charge in [0.1, 0.15) is 0 Å². The molecule has 0 spiro atoms. The zero-order valence-corrected chi connectivity index (χ0v) is 11.4. The van der Waals surface area contributed by atoms with Crippen LogP contribution in [-0.2, 0) is 6.42 Å². The Balaban J connectivity index is 1.63. The first kappa shape index (κ1) is 13.4. The molecule has 5 heteroatoms.